The third kappa shape index (κ3) is 3.52. The Morgan fingerprint density at radius 3 is 2.58 bits per heavy atom. The minimum atomic E-state index is 0.754. The fraction of sp³-hybridized carbons (Fsp3) is 0.375. The summed E-state index contributed by atoms with van der Waals surface area (Å²) >= 11 is 0. The van der Waals surface area contributed by atoms with Crippen molar-refractivity contribution in [2.45, 2.75) is 46.1 Å². The predicted octanol–water partition coefficient (Wildman–Crippen LogP) is 5.55. The second-order valence-electron chi connectivity index (χ2n) is 7.76. The molecular formula is C24H28N2. The van der Waals surface area contributed by atoms with Crippen LogP contribution in [0.4, 0.5) is 0 Å². The van der Waals surface area contributed by atoms with Gasteiger partial charge in [-0.25, -0.2) is 0 Å². The number of rotatable bonds is 4. The molecule has 0 saturated carbocycles. The molecule has 0 radical (unpaired) electrons. The number of fused-ring (bicyclic) bond motifs is 1. The van der Waals surface area contributed by atoms with Crippen LogP contribution in [-0.2, 0) is 6.42 Å². The van der Waals surface area contributed by atoms with E-state index in [0.29, 0.717) is 0 Å². The van der Waals surface area contributed by atoms with E-state index in [4.69, 9.17) is 0 Å². The van der Waals surface area contributed by atoms with E-state index in [1.54, 1.807) is 0 Å². The SMILES string of the molecule is Cc1ccc(-c2ccc3cc(CCN4CCC[C@H]4C)ccc3c2)c(C)n1. The summed E-state index contributed by atoms with van der Waals surface area (Å²) in [6, 6.07) is 18.7. The van der Waals surface area contributed by atoms with Gasteiger partial charge in [-0.05, 0) is 80.6 Å². The average Bonchev–Trinajstić information content (AvgIpc) is 3.04. The van der Waals surface area contributed by atoms with Crippen LogP contribution in [0.25, 0.3) is 21.9 Å². The molecule has 1 aromatic heterocycles. The third-order valence-electron chi connectivity index (χ3n) is 5.82. The van der Waals surface area contributed by atoms with E-state index in [0.717, 1.165) is 23.9 Å². The molecule has 2 heteroatoms. The van der Waals surface area contributed by atoms with Crippen LogP contribution < -0.4 is 0 Å². The Kier molecular flexibility index (Phi) is 4.78. The highest BCUT2D eigenvalue weighted by Crippen LogP contribution is 2.27. The lowest BCUT2D eigenvalue weighted by Gasteiger charge is -2.20. The maximum Gasteiger partial charge on any atom is 0.0454 e. The molecule has 1 saturated heterocycles. The first-order chi connectivity index (χ1) is 12.6. The van der Waals surface area contributed by atoms with Crippen LogP contribution in [0.2, 0.25) is 0 Å². The highest BCUT2D eigenvalue weighted by Gasteiger charge is 2.19. The van der Waals surface area contributed by atoms with Crippen molar-refractivity contribution in [3.05, 3.63) is 65.5 Å². The molecule has 0 aliphatic carbocycles. The molecule has 4 rings (SSSR count). The van der Waals surface area contributed by atoms with Gasteiger partial charge in [-0.15, -0.1) is 0 Å². The molecule has 3 aromatic rings. The first kappa shape index (κ1) is 17.2. The van der Waals surface area contributed by atoms with Gasteiger partial charge in [0.15, 0.2) is 0 Å². The summed E-state index contributed by atoms with van der Waals surface area (Å²) in [7, 11) is 0. The number of aromatic nitrogens is 1. The summed E-state index contributed by atoms with van der Waals surface area (Å²) in [6.45, 7) is 8.94. The molecule has 0 bridgehead atoms. The number of benzene rings is 2. The van der Waals surface area contributed by atoms with Gasteiger partial charge in [-0.3, -0.25) is 4.98 Å². The standard InChI is InChI=1S/C24H28N2/c1-17-6-11-24(19(3)25-17)23-10-9-21-15-20(7-8-22(21)16-23)12-14-26-13-4-5-18(26)2/h6-11,15-16,18H,4-5,12-14H2,1-3H3/t18-/m1/s1. The van der Waals surface area contributed by atoms with E-state index in [9.17, 15) is 0 Å². The van der Waals surface area contributed by atoms with Crippen LogP contribution in [0, 0.1) is 13.8 Å². The molecule has 0 spiro atoms. The Hall–Kier alpha value is -2.19. The third-order valence-corrected chi connectivity index (χ3v) is 5.82. The van der Waals surface area contributed by atoms with Gasteiger partial charge in [0, 0.05) is 29.5 Å². The zero-order valence-electron chi connectivity index (χ0n) is 16.1. The minimum Gasteiger partial charge on any atom is -0.300 e. The quantitative estimate of drug-likeness (QED) is 0.617. The molecule has 1 fully saturated rings. The Morgan fingerprint density at radius 1 is 1.00 bits per heavy atom. The van der Waals surface area contributed by atoms with Crippen LogP contribution in [0.1, 0.15) is 36.7 Å². The highest BCUT2D eigenvalue weighted by molar-refractivity contribution is 5.88. The summed E-state index contributed by atoms with van der Waals surface area (Å²) in [6.07, 6.45) is 3.85. The molecule has 1 aliphatic rings. The predicted molar refractivity (Wildman–Crippen MR) is 111 cm³/mol. The number of pyridine rings is 1. The number of hydrogen-bond donors (Lipinski definition) is 0. The molecule has 0 amide bonds. The molecule has 1 atom stereocenters. The summed E-state index contributed by atoms with van der Waals surface area (Å²) < 4.78 is 0. The summed E-state index contributed by atoms with van der Waals surface area (Å²) in [5, 5.41) is 2.64. The van der Waals surface area contributed by atoms with Crippen molar-refractivity contribution in [2.24, 2.45) is 0 Å². The fourth-order valence-corrected chi connectivity index (χ4v) is 4.21. The highest BCUT2D eigenvalue weighted by atomic mass is 15.2. The van der Waals surface area contributed by atoms with E-state index in [-0.39, 0.29) is 0 Å². The second-order valence-corrected chi connectivity index (χ2v) is 7.76. The first-order valence-electron chi connectivity index (χ1n) is 9.81. The van der Waals surface area contributed by atoms with E-state index in [1.165, 1.54) is 53.4 Å². The Morgan fingerprint density at radius 2 is 1.81 bits per heavy atom. The van der Waals surface area contributed by atoms with Crippen LogP contribution in [0.3, 0.4) is 0 Å². The Labute approximate surface area is 156 Å². The summed E-state index contributed by atoms with van der Waals surface area (Å²) in [4.78, 5) is 7.23. The van der Waals surface area contributed by atoms with Crippen LogP contribution >= 0.6 is 0 Å². The smallest absolute Gasteiger partial charge is 0.0454 e. The molecule has 134 valence electrons. The number of aryl methyl sites for hydroxylation is 2. The van der Waals surface area contributed by atoms with E-state index in [1.807, 2.05) is 6.92 Å². The van der Waals surface area contributed by atoms with Gasteiger partial charge in [-0.1, -0.05) is 36.4 Å². The van der Waals surface area contributed by atoms with Crippen molar-refractivity contribution in [2.75, 3.05) is 13.1 Å². The largest absolute Gasteiger partial charge is 0.300 e. The maximum atomic E-state index is 4.61. The molecule has 0 N–H and O–H groups in total. The van der Waals surface area contributed by atoms with Gasteiger partial charge in [0.1, 0.15) is 0 Å². The molecule has 2 nitrogen and oxygen atoms in total. The topological polar surface area (TPSA) is 16.1 Å². The molecule has 2 heterocycles. The van der Waals surface area contributed by atoms with Crippen molar-refractivity contribution in [3.63, 3.8) is 0 Å². The van der Waals surface area contributed by atoms with Gasteiger partial charge in [0.05, 0.1) is 0 Å². The van der Waals surface area contributed by atoms with Gasteiger partial charge < -0.3 is 4.90 Å². The second kappa shape index (κ2) is 7.20. The van der Waals surface area contributed by atoms with E-state index >= 15 is 0 Å². The molecule has 0 unspecified atom stereocenters. The number of likely N-dealkylation sites (tertiary alicyclic amines) is 1. The van der Waals surface area contributed by atoms with Crippen molar-refractivity contribution in [3.8, 4) is 11.1 Å². The van der Waals surface area contributed by atoms with Crippen LogP contribution in [0.5, 0.6) is 0 Å². The van der Waals surface area contributed by atoms with E-state index in [2.05, 4.69) is 72.3 Å². The maximum absolute atomic E-state index is 4.61. The van der Waals surface area contributed by atoms with Crippen molar-refractivity contribution in [1.82, 2.24) is 9.88 Å². The molecule has 26 heavy (non-hydrogen) atoms. The van der Waals surface area contributed by atoms with Crippen LogP contribution in [-0.4, -0.2) is 29.0 Å². The summed E-state index contributed by atoms with van der Waals surface area (Å²) in [5.74, 6) is 0. The number of hydrogen-bond acceptors (Lipinski definition) is 2. The van der Waals surface area contributed by atoms with Crippen molar-refractivity contribution >= 4 is 10.8 Å². The molecule has 1 aliphatic heterocycles. The van der Waals surface area contributed by atoms with Crippen LogP contribution in [0.15, 0.2) is 48.5 Å². The monoisotopic (exact) mass is 344 g/mol. The van der Waals surface area contributed by atoms with Gasteiger partial charge in [0.2, 0.25) is 0 Å². The zero-order chi connectivity index (χ0) is 18.1. The average molecular weight is 345 g/mol. The summed E-state index contributed by atoms with van der Waals surface area (Å²) in [5.41, 5.74) is 6.09. The lowest BCUT2D eigenvalue weighted by atomic mass is 9.98. The Bertz CT molecular complexity index is 929. The lowest BCUT2D eigenvalue weighted by Crippen LogP contribution is -2.28. The van der Waals surface area contributed by atoms with E-state index < -0.39 is 0 Å². The minimum absolute atomic E-state index is 0.754. The lowest BCUT2D eigenvalue weighted by molar-refractivity contribution is 0.272. The number of nitrogens with zero attached hydrogens (tertiary/aromatic N) is 2. The molecular weight excluding hydrogens is 316 g/mol. The first-order valence-corrected chi connectivity index (χ1v) is 9.81. The van der Waals surface area contributed by atoms with Gasteiger partial charge >= 0.3 is 0 Å². The van der Waals surface area contributed by atoms with Gasteiger partial charge in [-0.2, -0.15) is 0 Å². The van der Waals surface area contributed by atoms with Gasteiger partial charge in [0.25, 0.3) is 0 Å². The fourth-order valence-electron chi connectivity index (χ4n) is 4.21. The normalized spacial score (nSPS) is 17.9. The van der Waals surface area contributed by atoms with Crippen molar-refractivity contribution in [1.29, 1.82) is 0 Å². The zero-order valence-corrected chi connectivity index (χ0v) is 16.1. The Balaban J connectivity index is 1.56. The van der Waals surface area contributed by atoms with Crippen molar-refractivity contribution < 1.29 is 0 Å². The molecule has 2 aromatic carbocycles.